The van der Waals surface area contributed by atoms with Gasteiger partial charge in [0.05, 0.1) is 17.4 Å². The molecule has 140 valence electrons. The predicted molar refractivity (Wildman–Crippen MR) is 115 cm³/mol. The van der Waals surface area contributed by atoms with E-state index in [-0.39, 0.29) is 6.04 Å². The summed E-state index contributed by atoms with van der Waals surface area (Å²) in [6, 6.07) is 25.8. The number of para-hydroxylation sites is 1. The number of aromatic nitrogens is 2. The number of hydrogen-bond acceptors (Lipinski definition) is 2. The second-order valence-corrected chi connectivity index (χ2v) is 7.58. The molecule has 0 bridgehead atoms. The fourth-order valence-corrected chi connectivity index (χ4v) is 4.51. The Labute approximate surface area is 166 Å². The van der Waals surface area contributed by atoms with E-state index in [0.29, 0.717) is 0 Å². The van der Waals surface area contributed by atoms with Gasteiger partial charge < -0.3 is 4.98 Å². The van der Waals surface area contributed by atoms with Crippen molar-refractivity contribution in [1.82, 2.24) is 14.9 Å². The maximum atomic E-state index is 4.80. The molecule has 2 aromatic carbocycles. The minimum Gasteiger partial charge on any atom is -0.354 e. The fourth-order valence-electron chi connectivity index (χ4n) is 4.51. The van der Waals surface area contributed by atoms with E-state index in [1.165, 1.54) is 47.0 Å². The van der Waals surface area contributed by atoms with E-state index in [9.17, 15) is 0 Å². The van der Waals surface area contributed by atoms with Crippen LogP contribution in [-0.4, -0.2) is 28.0 Å². The molecule has 0 aliphatic carbocycles. The van der Waals surface area contributed by atoms with Gasteiger partial charge in [-0.2, -0.15) is 0 Å². The van der Waals surface area contributed by atoms with Gasteiger partial charge in [0.2, 0.25) is 0 Å². The SMILES string of the molecule is c1ccc(-c2[nH]c3ccccc3c2C(c2ccccn2)N2CCCCC2)cc1. The Morgan fingerprint density at radius 3 is 2.32 bits per heavy atom. The van der Waals surface area contributed by atoms with Gasteiger partial charge in [-0.05, 0) is 49.7 Å². The first-order valence-electron chi connectivity index (χ1n) is 10.2. The van der Waals surface area contributed by atoms with E-state index in [4.69, 9.17) is 4.98 Å². The Morgan fingerprint density at radius 2 is 1.54 bits per heavy atom. The molecule has 1 aliphatic heterocycles. The summed E-state index contributed by atoms with van der Waals surface area (Å²) >= 11 is 0. The second kappa shape index (κ2) is 7.61. The minimum absolute atomic E-state index is 0.160. The summed E-state index contributed by atoms with van der Waals surface area (Å²) < 4.78 is 0. The highest BCUT2D eigenvalue weighted by Gasteiger charge is 2.30. The van der Waals surface area contributed by atoms with Crippen LogP contribution in [0, 0.1) is 0 Å². The van der Waals surface area contributed by atoms with Crippen molar-refractivity contribution in [3.8, 4) is 11.3 Å². The number of H-pyrrole nitrogens is 1. The van der Waals surface area contributed by atoms with Crippen LogP contribution in [-0.2, 0) is 0 Å². The Bertz CT molecular complexity index is 1050. The Balaban J connectivity index is 1.76. The molecule has 0 amide bonds. The van der Waals surface area contributed by atoms with Crippen molar-refractivity contribution >= 4 is 10.9 Å². The van der Waals surface area contributed by atoms with Crippen molar-refractivity contribution < 1.29 is 0 Å². The smallest absolute Gasteiger partial charge is 0.0803 e. The molecule has 2 aromatic heterocycles. The van der Waals surface area contributed by atoms with Crippen LogP contribution in [0.25, 0.3) is 22.2 Å². The van der Waals surface area contributed by atoms with Crippen LogP contribution >= 0.6 is 0 Å². The number of aromatic amines is 1. The molecule has 4 aromatic rings. The molecule has 0 saturated carbocycles. The zero-order valence-electron chi connectivity index (χ0n) is 16.0. The van der Waals surface area contributed by atoms with Gasteiger partial charge in [0, 0.05) is 22.7 Å². The largest absolute Gasteiger partial charge is 0.354 e. The van der Waals surface area contributed by atoms with E-state index in [0.717, 1.165) is 18.8 Å². The number of likely N-dealkylation sites (tertiary alicyclic amines) is 1. The minimum atomic E-state index is 0.160. The molecule has 1 N–H and O–H groups in total. The highest BCUT2D eigenvalue weighted by atomic mass is 15.2. The van der Waals surface area contributed by atoms with Gasteiger partial charge in [-0.3, -0.25) is 9.88 Å². The van der Waals surface area contributed by atoms with Crippen LogP contribution in [0.4, 0.5) is 0 Å². The molecular weight excluding hydrogens is 342 g/mol. The number of piperidine rings is 1. The molecule has 5 rings (SSSR count). The second-order valence-electron chi connectivity index (χ2n) is 7.58. The Morgan fingerprint density at radius 1 is 0.786 bits per heavy atom. The number of benzene rings is 2. The summed E-state index contributed by atoms with van der Waals surface area (Å²) in [6.45, 7) is 2.24. The maximum Gasteiger partial charge on any atom is 0.0803 e. The molecule has 1 unspecified atom stereocenters. The van der Waals surface area contributed by atoms with Crippen LogP contribution in [0.5, 0.6) is 0 Å². The molecule has 3 heteroatoms. The lowest BCUT2D eigenvalue weighted by Crippen LogP contribution is -2.35. The monoisotopic (exact) mass is 367 g/mol. The summed E-state index contributed by atoms with van der Waals surface area (Å²) in [6.07, 6.45) is 5.76. The molecule has 1 saturated heterocycles. The van der Waals surface area contributed by atoms with E-state index in [1.54, 1.807) is 0 Å². The van der Waals surface area contributed by atoms with Crippen LogP contribution in [0.1, 0.15) is 36.6 Å². The standard InChI is InChI=1S/C25H25N3/c1-3-11-19(12-4-1)24-23(20-13-5-6-14-21(20)27-24)25(22-15-7-8-16-26-22)28-17-9-2-10-18-28/h1,3-8,11-16,25,27H,2,9-10,17-18H2. The van der Waals surface area contributed by atoms with E-state index >= 15 is 0 Å². The highest BCUT2D eigenvalue weighted by molar-refractivity contribution is 5.91. The lowest BCUT2D eigenvalue weighted by atomic mass is 9.93. The Kier molecular flexibility index (Phi) is 4.67. The normalized spacial score (nSPS) is 16.3. The number of pyridine rings is 1. The first-order chi connectivity index (χ1) is 13.9. The number of nitrogens with one attached hydrogen (secondary N) is 1. The van der Waals surface area contributed by atoms with Crippen molar-refractivity contribution in [2.75, 3.05) is 13.1 Å². The van der Waals surface area contributed by atoms with Crippen LogP contribution in [0.2, 0.25) is 0 Å². The van der Waals surface area contributed by atoms with Gasteiger partial charge in [0.1, 0.15) is 0 Å². The molecule has 0 spiro atoms. The van der Waals surface area contributed by atoms with E-state index in [1.807, 2.05) is 12.3 Å². The summed E-state index contributed by atoms with van der Waals surface area (Å²) in [5.74, 6) is 0. The molecule has 28 heavy (non-hydrogen) atoms. The van der Waals surface area contributed by atoms with Crippen molar-refractivity contribution in [3.63, 3.8) is 0 Å². The summed E-state index contributed by atoms with van der Waals surface area (Å²) in [4.78, 5) is 11.1. The number of rotatable bonds is 4. The molecule has 1 aliphatic rings. The van der Waals surface area contributed by atoms with Gasteiger partial charge in [-0.25, -0.2) is 0 Å². The molecule has 3 heterocycles. The van der Waals surface area contributed by atoms with E-state index in [2.05, 4.69) is 76.6 Å². The Hall–Kier alpha value is -2.91. The van der Waals surface area contributed by atoms with Crippen LogP contribution in [0.15, 0.2) is 79.0 Å². The number of hydrogen-bond donors (Lipinski definition) is 1. The predicted octanol–water partition coefficient (Wildman–Crippen LogP) is 5.81. The fraction of sp³-hybridized carbons (Fsp3) is 0.240. The molecule has 3 nitrogen and oxygen atoms in total. The third kappa shape index (κ3) is 3.12. The first-order valence-corrected chi connectivity index (χ1v) is 10.2. The van der Waals surface area contributed by atoms with Gasteiger partial charge in [0.25, 0.3) is 0 Å². The number of fused-ring (bicyclic) bond motifs is 1. The van der Waals surface area contributed by atoms with Crippen LogP contribution < -0.4 is 0 Å². The van der Waals surface area contributed by atoms with Crippen molar-refractivity contribution in [3.05, 3.63) is 90.3 Å². The van der Waals surface area contributed by atoms with Crippen molar-refractivity contribution in [2.24, 2.45) is 0 Å². The summed E-state index contributed by atoms with van der Waals surface area (Å²) in [5, 5.41) is 1.29. The quantitative estimate of drug-likeness (QED) is 0.494. The number of nitrogens with zero attached hydrogens (tertiary/aromatic N) is 2. The molecule has 0 radical (unpaired) electrons. The highest BCUT2D eigenvalue weighted by Crippen LogP contribution is 2.40. The maximum absolute atomic E-state index is 4.80. The third-order valence-corrected chi connectivity index (χ3v) is 5.81. The zero-order valence-corrected chi connectivity index (χ0v) is 16.0. The average Bonchev–Trinajstić information content (AvgIpc) is 3.16. The first kappa shape index (κ1) is 17.2. The summed E-state index contributed by atoms with van der Waals surface area (Å²) in [5.41, 5.74) is 6.11. The summed E-state index contributed by atoms with van der Waals surface area (Å²) in [7, 11) is 0. The van der Waals surface area contributed by atoms with E-state index < -0.39 is 0 Å². The van der Waals surface area contributed by atoms with Gasteiger partial charge in [0.15, 0.2) is 0 Å². The topological polar surface area (TPSA) is 31.9 Å². The molecule has 1 atom stereocenters. The van der Waals surface area contributed by atoms with Crippen molar-refractivity contribution in [2.45, 2.75) is 25.3 Å². The molecule has 1 fully saturated rings. The van der Waals surface area contributed by atoms with Crippen LogP contribution in [0.3, 0.4) is 0 Å². The average molecular weight is 367 g/mol. The van der Waals surface area contributed by atoms with Gasteiger partial charge >= 0.3 is 0 Å². The third-order valence-electron chi connectivity index (χ3n) is 5.81. The molecular formula is C25H25N3. The lowest BCUT2D eigenvalue weighted by molar-refractivity contribution is 0.186. The lowest BCUT2D eigenvalue weighted by Gasteiger charge is -2.35. The van der Waals surface area contributed by atoms with Gasteiger partial charge in [-0.1, -0.05) is 61.0 Å². The van der Waals surface area contributed by atoms with Gasteiger partial charge in [-0.15, -0.1) is 0 Å². The van der Waals surface area contributed by atoms with Crippen molar-refractivity contribution in [1.29, 1.82) is 0 Å². The zero-order chi connectivity index (χ0) is 18.8.